The van der Waals surface area contributed by atoms with Gasteiger partial charge in [-0.05, 0) is 48.7 Å². The molecule has 0 saturated heterocycles. The predicted molar refractivity (Wildman–Crippen MR) is 73.1 cm³/mol. The lowest BCUT2D eigenvalue weighted by Gasteiger charge is -2.15. The Hall–Kier alpha value is -1.52. The van der Waals surface area contributed by atoms with Gasteiger partial charge in [-0.2, -0.15) is 0 Å². The molecule has 2 rings (SSSR count). The Morgan fingerprint density at radius 1 is 1.05 bits per heavy atom. The van der Waals surface area contributed by atoms with E-state index in [4.69, 9.17) is 17.3 Å². The van der Waals surface area contributed by atoms with E-state index in [-0.39, 0.29) is 12.0 Å². The number of rotatable bonds is 3. The molecule has 1 atom stereocenters. The van der Waals surface area contributed by atoms with Crippen molar-refractivity contribution in [2.75, 3.05) is 0 Å². The van der Waals surface area contributed by atoms with Crippen molar-refractivity contribution in [3.05, 3.63) is 69.5 Å². The maximum absolute atomic E-state index is 13.7. The second-order valence-electron chi connectivity index (χ2n) is 4.67. The van der Waals surface area contributed by atoms with Gasteiger partial charge in [0.25, 0.3) is 0 Å². The zero-order valence-electron chi connectivity index (χ0n) is 10.8. The van der Waals surface area contributed by atoms with Crippen LogP contribution in [0.5, 0.6) is 0 Å². The van der Waals surface area contributed by atoms with Crippen molar-refractivity contribution in [1.82, 2.24) is 0 Å². The van der Waals surface area contributed by atoms with E-state index in [9.17, 15) is 13.2 Å². The molecule has 0 heterocycles. The largest absolute Gasteiger partial charge is 0.324 e. The van der Waals surface area contributed by atoms with Crippen LogP contribution in [0.15, 0.2) is 30.3 Å². The van der Waals surface area contributed by atoms with Gasteiger partial charge in [-0.3, -0.25) is 0 Å². The van der Waals surface area contributed by atoms with Crippen LogP contribution in [0.1, 0.15) is 22.7 Å². The van der Waals surface area contributed by atoms with Crippen LogP contribution in [0.4, 0.5) is 13.2 Å². The van der Waals surface area contributed by atoms with Crippen LogP contribution in [-0.2, 0) is 6.42 Å². The molecular weight excluding hydrogens is 287 g/mol. The Bertz CT molecular complexity index is 643. The van der Waals surface area contributed by atoms with Crippen LogP contribution in [-0.4, -0.2) is 0 Å². The van der Waals surface area contributed by atoms with Gasteiger partial charge < -0.3 is 5.73 Å². The summed E-state index contributed by atoms with van der Waals surface area (Å²) in [4.78, 5) is 0. The molecule has 1 unspecified atom stereocenters. The molecule has 0 amide bonds. The molecule has 2 N–H and O–H groups in total. The lowest BCUT2D eigenvalue weighted by Crippen LogP contribution is -2.16. The van der Waals surface area contributed by atoms with E-state index in [1.807, 2.05) is 0 Å². The van der Waals surface area contributed by atoms with E-state index in [2.05, 4.69) is 0 Å². The molecule has 0 fully saturated rings. The maximum Gasteiger partial charge on any atom is 0.130 e. The first-order valence-electron chi connectivity index (χ1n) is 6.03. The molecule has 20 heavy (non-hydrogen) atoms. The molecule has 1 nitrogen and oxygen atoms in total. The molecule has 0 saturated carbocycles. The topological polar surface area (TPSA) is 26.0 Å². The average Bonchev–Trinajstić information content (AvgIpc) is 2.38. The Kier molecular flexibility index (Phi) is 4.35. The Morgan fingerprint density at radius 2 is 1.75 bits per heavy atom. The number of nitrogens with two attached hydrogens (primary N) is 1. The third-order valence-corrected chi connectivity index (χ3v) is 3.36. The summed E-state index contributed by atoms with van der Waals surface area (Å²) in [5.74, 6) is -1.82. The van der Waals surface area contributed by atoms with E-state index in [1.165, 1.54) is 31.2 Å². The summed E-state index contributed by atoms with van der Waals surface area (Å²) in [6, 6.07) is 5.47. The minimum Gasteiger partial charge on any atom is -0.324 e. The third-order valence-electron chi connectivity index (χ3n) is 3.13. The molecule has 0 aliphatic carbocycles. The fourth-order valence-corrected chi connectivity index (χ4v) is 2.21. The lowest BCUT2D eigenvalue weighted by atomic mass is 9.97. The number of aryl methyl sites for hydroxylation is 1. The van der Waals surface area contributed by atoms with Gasteiger partial charge >= 0.3 is 0 Å². The third kappa shape index (κ3) is 3.14. The Morgan fingerprint density at radius 3 is 2.45 bits per heavy atom. The van der Waals surface area contributed by atoms with Crippen molar-refractivity contribution in [1.29, 1.82) is 0 Å². The van der Waals surface area contributed by atoms with Crippen LogP contribution in [0.2, 0.25) is 5.02 Å². The van der Waals surface area contributed by atoms with Crippen molar-refractivity contribution in [2.24, 2.45) is 5.73 Å². The summed E-state index contributed by atoms with van der Waals surface area (Å²) in [6.45, 7) is 1.52. The zero-order chi connectivity index (χ0) is 14.9. The van der Waals surface area contributed by atoms with Crippen LogP contribution < -0.4 is 5.73 Å². The highest BCUT2D eigenvalue weighted by Crippen LogP contribution is 2.24. The molecular formula is C15H13ClF3N. The molecule has 0 aromatic heterocycles. The molecule has 0 radical (unpaired) electrons. The first-order valence-corrected chi connectivity index (χ1v) is 6.41. The van der Waals surface area contributed by atoms with Crippen LogP contribution in [0.25, 0.3) is 0 Å². The predicted octanol–water partition coefficient (Wildman–Crippen LogP) is 4.31. The van der Waals surface area contributed by atoms with E-state index in [0.717, 1.165) is 6.07 Å². The molecule has 5 heteroatoms. The molecule has 0 spiro atoms. The second kappa shape index (κ2) is 5.85. The first kappa shape index (κ1) is 14.9. The highest BCUT2D eigenvalue weighted by atomic mass is 35.5. The van der Waals surface area contributed by atoms with E-state index >= 15 is 0 Å². The average molecular weight is 300 g/mol. The molecule has 106 valence electrons. The Balaban J connectivity index is 2.30. The highest BCUT2D eigenvalue weighted by Gasteiger charge is 2.16. The molecule has 0 aliphatic heterocycles. The van der Waals surface area contributed by atoms with Gasteiger partial charge in [0.15, 0.2) is 0 Å². The van der Waals surface area contributed by atoms with Gasteiger partial charge in [-0.15, -0.1) is 0 Å². The van der Waals surface area contributed by atoms with Crippen molar-refractivity contribution < 1.29 is 13.2 Å². The summed E-state index contributed by atoms with van der Waals surface area (Å²) >= 11 is 5.79. The monoisotopic (exact) mass is 299 g/mol. The van der Waals surface area contributed by atoms with Gasteiger partial charge in [0, 0.05) is 22.7 Å². The van der Waals surface area contributed by atoms with Gasteiger partial charge in [0.2, 0.25) is 0 Å². The number of halogens is 4. The minimum atomic E-state index is -0.776. The maximum atomic E-state index is 13.7. The van der Waals surface area contributed by atoms with Crippen LogP contribution in [0.3, 0.4) is 0 Å². The van der Waals surface area contributed by atoms with Crippen molar-refractivity contribution in [3.8, 4) is 0 Å². The quantitative estimate of drug-likeness (QED) is 0.898. The SMILES string of the molecule is Cc1cc(C(N)Cc2cc(Cl)ccc2F)c(F)cc1F. The van der Waals surface area contributed by atoms with Gasteiger partial charge in [-0.25, -0.2) is 13.2 Å². The lowest BCUT2D eigenvalue weighted by molar-refractivity contribution is 0.543. The minimum absolute atomic E-state index is 0.0778. The molecule has 2 aromatic carbocycles. The van der Waals surface area contributed by atoms with E-state index in [1.54, 1.807) is 0 Å². The van der Waals surface area contributed by atoms with Gasteiger partial charge in [0.1, 0.15) is 17.5 Å². The summed E-state index contributed by atoms with van der Waals surface area (Å²) < 4.78 is 40.6. The molecule has 2 aromatic rings. The second-order valence-corrected chi connectivity index (χ2v) is 5.11. The standard InChI is InChI=1S/C15H13ClF3N/c1-8-4-11(14(19)7-13(8)18)15(20)6-9-5-10(16)2-3-12(9)17/h2-5,7,15H,6,20H2,1H3. The summed E-state index contributed by atoms with van der Waals surface area (Å²) in [6.07, 6.45) is 0.0778. The molecule has 0 aliphatic rings. The summed E-state index contributed by atoms with van der Waals surface area (Å²) in [5, 5.41) is 0.379. The number of hydrogen-bond acceptors (Lipinski definition) is 1. The van der Waals surface area contributed by atoms with Crippen LogP contribution >= 0.6 is 11.6 Å². The number of hydrogen-bond donors (Lipinski definition) is 1. The Labute approximate surface area is 120 Å². The van der Waals surface area contributed by atoms with E-state index < -0.39 is 23.5 Å². The van der Waals surface area contributed by atoms with Gasteiger partial charge in [0.05, 0.1) is 0 Å². The fraction of sp³-hybridized carbons (Fsp3) is 0.200. The normalized spacial score (nSPS) is 12.5. The first-order chi connectivity index (χ1) is 9.38. The van der Waals surface area contributed by atoms with Crippen LogP contribution in [0, 0.1) is 24.4 Å². The van der Waals surface area contributed by atoms with Gasteiger partial charge in [-0.1, -0.05) is 11.6 Å². The fourth-order valence-electron chi connectivity index (χ4n) is 2.01. The smallest absolute Gasteiger partial charge is 0.130 e. The molecule has 0 bridgehead atoms. The van der Waals surface area contributed by atoms with E-state index in [0.29, 0.717) is 16.1 Å². The van der Waals surface area contributed by atoms with Crippen molar-refractivity contribution in [2.45, 2.75) is 19.4 Å². The highest BCUT2D eigenvalue weighted by molar-refractivity contribution is 6.30. The van der Waals surface area contributed by atoms with Crippen molar-refractivity contribution in [3.63, 3.8) is 0 Å². The summed E-state index contributed by atoms with van der Waals surface area (Å²) in [5.41, 5.74) is 6.64. The van der Waals surface area contributed by atoms with Crippen molar-refractivity contribution >= 4 is 11.6 Å². The zero-order valence-corrected chi connectivity index (χ0v) is 11.5. The number of benzene rings is 2. The summed E-state index contributed by atoms with van der Waals surface area (Å²) in [7, 11) is 0.